The van der Waals surface area contributed by atoms with Gasteiger partial charge in [-0.25, -0.2) is 0 Å². The predicted octanol–water partition coefficient (Wildman–Crippen LogP) is 1.22. The minimum absolute atomic E-state index is 0.176. The smallest absolute Gasteiger partial charge is 0.252 e. The van der Waals surface area contributed by atoms with Gasteiger partial charge in [0.25, 0.3) is 5.89 Å². The Morgan fingerprint density at radius 3 is 3.11 bits per heavy atom. The van der Waals surface area contributed by atoms with Crippen molar-refractivity contribution in [3.05, 3.63) is 41.5 Å². The van der Waals surface area contributed by atoms with Crippen LogP contribution in [0.2, 0.25) is 0 Å². The van der Waals surface area contributed by atoms with Crippen LogP contribution in [0.1, 0.15) is 23.4 Å². The molecule has 1 aliphatic rings. The van der Waals surface area contributed by atoms with Gasteiger partial charge in [0, 0.05) is 13.0 Å². The van der Waals surface area contributed by atoms with E-state index in [0.717, 1.165) is 12.2 Å². The Balaban J connectivity index is 1.65. The second-order valence-electron chi connectivity index (χ2n) is 4.31. The monoisotopic (exact) mass is 261 g/mol. The highest BCUT2D eigenvalue weighted by molar-refractivity contribution is 5.37. The van der Waals surface area contributed by atoms with Crippen molar-refractivity contribution in [2.45, 2.75) is 19.1 Å². The summed E-state index contributed by atoms with van der Waals surface area (Å²) in [6.07, 6.45) is 0.586. The molecule has 0 fully saturated rings. The van der Waals surface area contributed by atoms with Gasteiger partial charge in [-0.2, -0.15) is 4.98 Å². The van der Waals surface area contributed by atoms with Crippen LogP contribution in [0.25, 0.3) is 0 Å². The second-order valence-corrected chi connectivity index (χ2v) is 4.31. The minimum Gasteiger partial charge on any atom is -0.482 e. The first-order valence-corrected chi connectivity index (χ1v) is 6.21. The average molecular weight is 261 g/mol. The van der Waals surface area contributed by atoms with Crippen LogP contribution in [-0.2, 0) is 17.8 Å². The Hall–Kier alpha value is -1.92. The summed E-state index contributed by atoms with van der Waals surface area (Å²) in [7, 11) is 0. The molecule has 6 heteroatoms. The number of rotatable bonds is 5. The lowest BCUT2D eigenvalue weighted by Gasteiger charge is -2.04. The van der Waals surface area contributed by atoms with E-state index in [1.165, 1.54) is 5.56 Å². The van der Waals surface area contributed by atoms with Gasteiger partial charge < -0.3 is 19.7 Å². The van der Waals surface area contributed by atoms with Crippen LogP contribution in [0, 0.1) is 0 Å². The van der Waals surface area contributed by atoms with E-state index in [9.17, 15) is 0 Å². The van der Waals surface area contributed by atoms with E-state index in [0.29, 0.717) is 24.9 Å². The lowest BCUT2D eigenvalue weighted by Crippen LogP contribution is -2.08. The Morgan fingerprint density at radius 1 is 1.37 bits per heavy atom. The molecule has 1 unspecified atom stereocenters. The quantitative estimate of drug-likeness (QED) is 0.815. The van der Waals surface area contributed by atoms with Crippen LogP contribution >= 0.6 is 0 Å². The molecule has 0 radical (unpaired) electrons. The fourth-order valence-corrected chi connectivity index (χ4v) is 2.03. The molecule has 2 N–H and O–H groups in total. The normalized spacial score (nSPS) is 17.2. The molecule has 0 saturated carbocycles. The summed E-state index contributed by atoms with van der Waals surface area (Å²) in [5.41, 5.74) is 6.50. The number of nitrogens with two attached hydrogens (primary N) is 1. The van der Waals surface area contributed by atoms with E-state index < -0.39 is 0 Å². The molecule has 1 aromatic carbocycles. The molecular formula is C13H15N3O3. The third kappa shape index (κ3) is 2.59. The van der Waals surface area contributed by atoms with Gasteiger partial charge in [0.1, 0.15) is 12.4 Å². The number of hydrogen-bond acceptors (Lipinski definition) is 6. The summed E-state index contributed by atoms with van der Waals surface area (Å²) in [4.78, 5) is 4.28. The van der Waals surface area contributed by atoms with E-state index in [1.54, 1.807) is 0 Å². The minimum atomic E-state index is -0.176. The summed E-state index contributed by atoms with van der Waals surface area (Å²) in [5, 5.41) is 3.94. The van der Waals surface area contributed by atoms with Gasteiger partial charge in [-0.05, 0) is 11.6 Å². The fourth-order valence-electron chi connectivity index (χ4n) is 2.03. The molecule has 100 valence electrons. The van der Waals surface area contributed by atoms with Crippen molar-refractivity contribution in [1.82, 2.24) is 10.1 Å². The predicted molar refractivity (Wildman–Crippen MR) is 66.5 cm³/mol. The van der Waals surface area contributed by atoms with Gasteiger partial charge >= 0.3 is 0 Å². The standard InChI is InChI=1S/C13H15N3O3/c14-5-6-17-8-12-15-13(16-19-12)11-7-9-3-1-2-4-10(9)18-11/h1-4,11H,5-8,14H2. The first-order valence-electron chi connectivity index (χ1n) is 6.21. The molecule has 1 aliphatic heterocycles. The summed E-state index contributed by atoms with van der Waals surface area (Å²) < 4.78 is 16.1. The largest absolute Gasteiger partial charge is 0.482 e. The van der Waals surface area contributed by atoms with E-state index in [-0.39, 0.29) is 12.7 Å². The topological polar surface area (TPSA) is 83.4 Å². The van der Waals surface area contributed by atoms with Gasteiger partial charge in [-0.15, -0.1) is 0 Å². The number of fused-ring (bicyclic) bond motifs is 1. The summed E-state index contributed by atoms with van der Waals surface area (Å²) in [6.45, 7) is 1.23. The SMILES string of the molecule is NCCOCc1nc(C2Cc3ccccc3O2)no1. The van der Waals surface area contributed by atoms with Gasteiger partial charge in [0.2, 0.25) is 5.82 Å². The van der Waals surface area contributed by atoms with Crippen molar-refractivity contribution in [2.24, 2.45) is 5.73 Å². The molecule has 0 amide bonds. The van der Waals surface area contributed by atoms with E-state index in [1.807, 2.05) is 24.3 Å². The number of aromatic nitrogens is 2. The molecule has 0 aliphatic carbocycles. The Labute approximate surface area is 110 Å². The first kappa shape index (κ1) is 12.1. The van der Waals surface area contributed by atoms with Crippen LogP contribution in [0.4, 0.5) is 0 Å². The van der Waals surface area contributed by atoms with Gasteiger partial charge in [0.15, 0.2) is 6.10 Å². The van der Waals surface area contributed by atoms with Crippen molar-refractivity contribution < 1.29 is 14.0 Å². The average Bonchev–Trinajstić information content (AvgIpc) is 3.04. The van der Waals surface area contributed by atoms with E-state index in [4.69, 9.17) is 19.7 Å². The van der Waals surface area contributed by atoms with Crippen molar-refractivity contribution in [3.63, 3.8) is 0 Å². The second kappa shape index (κ2) is 5.38. The zero-order valence-electron chi connectivity index (χ0n) is 10.4. The van der Waals surface area contributed by atoms with Crippen LogP contribution in [-0.4, -0.2) is 23.3 Å². The zero-order chi connectivity index (χ0) is 13.1. The van der Waals surface area contributed by atoms with Crippen LogP contribution in [0.15, 0.2) is 28.8 Å². The molecule has 2 heterocycles. The third-order valence-electron chi connectivity index (χ3n) is 2.91. The maximum Gasteiger partial charge on any atom is 0.252 e. The first-order chi connectivity index (χ1) is 9.36. The van der Waals surface area contributed by atoms with Crippen molar-refractivity contribution >= 4 is 0 Å². The molecule has 0 spiro atoms. The number of para-hydroxylation sites is 1. The third-order valence-corrected chi connectivity index (χ3v) is 2.91. The van der Waals surface area contributed by atoms with Crippen molar-refractivity contribution in [2.75, 3.05) is 13.2 Å². The maximum absolute atomic E-state index is 5.79. The summed E-state index contributed by atoms with van der Waals surface area (Å²) >= 11 is 0. The zero-order valence-corrected chi connectivity index (χ0v) is 10.4. The number of benzene rings is 1. The molecule has 19 heavy (non-hydrogen) atoms. The highest BCUT2D eigenvalue weighted by Gasteiger charge is 2.28. The van der Waals surface area contributed by atoms with Gasteiger partial charge in [0.05, 0.1) is 6.61 Å². The van der Waals surface area contributed by atoms with Crippen LogP contribution < -0.4 is 10.5 Å². The van der Waals surface area contributed by atoms with Gasteiger partial charge in [-0.3, -0.25) is 0 Å². The Kier molecular flexibility index (Phi) is 3.43. The maximum atomic E-state index is 5.79. The number of hydrogen-bond donors (Lipinski definition) is 1. The Bertz CT molecular complexity index is 531. The molecule has 2 aromatic rings. The van der Waals surface area contributed by atoms with Crippen molar-refractivity contribution in [3.8, 4) is 5.75 Å². The van der Waals surface area contributed by atoms with Crippen molar-refractivity contribution in [1.29, 1.82) is 0 Å². The Morgan fingerprint density at radius 2 is 2.26 bits per heavy atom. The van der Waals surface area contributed by atoms with E-state index in [2.05, 4.69) is 10.1 Å². The highest BCUT2D eigenvalue weighted by atomic mass is 16.5. The molecule has 0 saturated heterocycles. The van der Waals surface area contributed by atoms with E-state index >= 15 is 0 Å². The summed E-state index contributed by atoms with van der Waals surface area (Å²) in [5.74, 6) is 1.89. The molecule has 6 nitrogen and oxygen atoms in total. The summed E-state index contributed by atoms with van der Waals surface area (Å²) in [6, 6.07) is 7.93. The number of nitrogens with zero attached hydrogens (tertiary/aromatic N) is 2. The van der Waals surface area contributed by atoms with Gasteiger partial charge in [-0.1, -0.05) is 23.4 Å². The lowest BCUT2D eigenvalue weighted by atomic mass is 10.1. The lowest BCUT2D eigenvalue weighted by molar-refractivity contribution is 0.104. The molecule has 3 rings (SSSR count). The van der Waals surface area contributed by atoms with Crippen LogP contribution in [0.3, 0.4) is 0 Å². The highest BCUT2D eigenvalue weighted by Crippen LogP contribution is 2.35. The molecule has 1 atom stereocenters. The molecule has 1 aromatic heterocycles. The fraction of sp³-hybridized carbons (Fsp3) is 0.385. The number of ether oxygens (including phenoxy) is 2. The molecule has 0 bridgehead atoms. The van der Waals surface area contributed by atoms with Crippen LogP contribution in [0.5, 0.6) is 5.75 Å². The molecular weight excluding hydrogens is 246 g/mol.